The van der Waals surface area contributed by atoms with Crippen LogP contribution in [-0.2, 0) is 0 Å². The highest BCUT2D eigenvalue weighted by atomic mass is 16.5. The van der Waals surface area contributed by atoms with Crippen LogP contribution in [0.3, 0.4) is 0 Å². The monoisotopic (exact) mass is 364 g/mol. The van der Waals surface area contributed by atoms with E-state index in [-0.39, 0.29) is 11.6 Å². The summed E-state index contributed by atoms with van der Waals surface area (Å²) >= 11 is 0. The molecular weight excluding hydrogens is 344 g/mol. The fourth-order valence-electron chi connectivity index (χ4n) is 2.48. The van der Waals surface area contributed by atoms with Gasteiger partial charge in [0.05, 0.1) is 19.9 Å². The van der Waals surface area contributed by atoms with Crippen molar-refractivity contribution >= 4 is 23.2 Å². The second-order valence-corrected chi connectivity index (χ2v) is 5.73. The molecule has 0 saturated heterocycles. The van der Waals surface area contributed by atoms with Crippen LogP contribution in [0.2, 0.25) is 0 Å². The first kappa shape index (κ1) is 18.2. The molecule has 3 rings (SSSR count). The molecule has 0 fully saturated rings. The van der Waals surface area contributed by atoms with Crippen LogP contribution in [0.1, 0.15) is 16.1 Å². The maximum atomic E-state index is 12.6. The number of benzene rings is 2. The third-order valence-corrected chi connectivity index (χ3v) is 3.93. The number of amides is 1. The molecule has 0 radical (unpaired) electrons. The maximum Gasteiger partial charge on any atom is 0.274 e. The number of aryl methyl sites for hydroxylation is 1. The topological polar surface area (TPSA) is 85.4 Å². The van der Waals surface area contributed by atoms with Crippen molar-refractivity contribution in [3.63, 3.8) is 0 Å². The second-order valence-electron chi connectivity index (χ2n) is 5.73. The van der Waals surface area contributed by atoms with E-state index >= 15 is 0 Å². The Balaban J connectivity index is 1.81. The van der Waals surface area contributed by atoms with E-state index in [9.17, 15) is 4.79 Å². The smallest absolute Gasteiger partial charge is 0.274 e. The number of nitrogens with one attached hydrogen (secondary N) is 2. The van der Waals surface area contributed by atoms with E-state index in [0.29, 0.717) is 23.1 Å². The fraction of sp³-hybridized carbons (Fsp3) is 0.150. The summed E-state index contributed by atoms with van der Waals surface area (Å²) in [7, 11) is 3.09. The SMILES string of the molecule is COc1ccc(OC)c(NC(=O)c2ccnc(Nc3ccccc3C)n2)c1. The van der Waals surface area contributed by atoms with Gasteiger partial charge in [-0.1, -0.05) is 18.2 Å². The molecule has 0 bridgehead atoms. The summed E-state index contributed by atoms with van der Waals surface area (Å²) in [5.41, 5.74) is 2.65. The molecule has 1 aromatic heterocycles. The minimum atomic E-state index is -0.378. The lowest BCUT2D eigenvalue weighted by Crippen LogP contribution is -2.15. The lowest BCUT2D eigenvalue weighted by atomic mass is 10.2. The quantitative estimate of drug-likeness (QED) is 0.692. The van der Waals surface area contributed by atoms with Crippen LogP contribution >= 0.6 is 0 Å². The highest BCUT2D eigenvalue weighted by molar-refractivity contribution is 6.04. The first-order valence-corrected chi connectivity index (χ1v) is 8.30. The average molecular weight is 364 g/mol. The Morgan fingerprint density at radius 2 is 1.81 bits per heavy atom. The Bertz CT molecular complexity index is 959. The van der Waals surface area contributed by atoms with Crippen molar-refractivity contribution in [2.75, 3.05) is 24.9 Å². The summed E-state index contributed by atoms with van der Waals surface area (Å²) in [6.45, 7) is 1.98. The van der Waals surface area contributed by atoms with Gasteiger partial charge in [0.15, 0.2) is 0 Å². The molecule has 138 valence electrons. The minimum absolute atomic E-state index is 0.228. The molecule has 7 nitrogen and oxygen atoms in total. The molecule has 7 heteroatoms. The molecule has 0 aliphatic heterocycles. The number of ether oxygens (including phenoxy) is 2. The summed E-state index contributed by atoms with van der Waals surface area (Å²) in [5.74, 6) is 1.10. The number of rotatable bonds is 6. The molecule has 27 heavy (non-hydrogen) atoms. The number of aromatic nitrogens is 2. The van der Waals surface area contributed by atoms with E-state index in [1.165, 1.54) is 13.3 Å². The van der Waals surface area contributed by atoms with Crippen molar-refractivity contribution < 1.29 is 14.3 Å². The van der Waals surface area contributed by atoms with E-state index < -0.39 is 0 Å². The zero-order valence-electron chi connectivity index (χ0n) is 15.3. The van der Waals surface area contributed by atoms with E-state index in [0.717, 1.165) is 11.3 Å². The Hall–Kier alpha value is -3.61. The standard InChI is InChI=1S/C20H20N4O3/c1-13-6-4-5-7-15(13)23-20-21-11-10-16(24-20)19(25)22-17-12-14(26-2)8-9-18(17)27-3/h4-12H,1-3H3,(H,22,25)(H,21,23,24). The lowest BCUT2D eigenvalue weighted by Gasteiger charge is -2.12. The summed E-state index contributed by atoms with van der Waals surface area (Å²) in [5, 5.41) is 5.92. The van der Waals surface area contributed by atoms with Gasteiger partial charge in [0.2, 0.25) is 5.95 Å². The van der Waals surface area contributed by atoms with Crippen molar-refractivity contribution in [1.82, 2.24) is 9.97 Å². The molecule has 0 unspecified atom stereocenters. The van der Waals surface area contributed by atoms with Crippen molar-refractivity contribution in [3.05, 3.63) is 66.0 Å². The van der Waals surface area contributed by atoms with Gasteiger partial charge in [-0.15, -0.1) is 0 Å². The molecule has 2 aromatic carbocycles. The van der Waals surface area contributed by atoms with E-state index in [1.54, 1.807) is 31.4 Å². The number of carbonyl (C=O) groups is 1. The Morgan fingerprint density at radius 1 is 1.00 bits per heavy atom. The van der Waals surface area contributed by atoms with Gasteiger partial charge in [0, 0.05) is 18.0 Å². The number of carbonyl (C=O) groups excluding carboxylic acids is 1. The van der Waals surface area contributed by atoms with E-state index in [2.05, 4.69) is 20.6 Å². The molecule has 0 atom stereocenters. The number of para-hydroxylation sites is 1. The number of hydrogen-bond acceptors (Lipinski definition) is 6. The van der Waals surface area contributed by atoms with Gasteiger partial charge in [-0.3, -0.25) is 4.79 Å². The number of nitrogens with zero attached hydrogens (tertiary/aromatic N) is 2. The molecule has 3 aromatic rings. The van der Waals surface area contributed by atoms with Gasteiger partial charge in [0.25, 0.3) is 5.91 Å². The number of methoxy groups -OCH3 is 2. The zero-order valence-corrected chi connectivity index (χ0v) is 15.3. The number of anilines is 3. The van der Waals surface area contributed by atoms with Gasteiger partial charge in [-0.2, -0.15) is 0 Å². The zero-order chi connectivity index (χ0) is 19.2. The van der Waals surface area contributed by atoms with Crippen molar-refractivity contribution in [2.24, 2.45) is 0 Å². The minimum Gasteiger partial charge on any atom is -0.497 e. The van der Waals surface area contributed by atoms with Gasteiger partial charge in [0.1, 0.15) is 17.2 Å². The second kappa shape index (κ2) is 8.18. The Morgan fingerprint density at radius 3 is 2.56 bits per heavy atom. The molecule has 1 amide bonds. The fourth-order valence-corrected chi connectivity index (χ4v) is 2.48. The van der Waals surface area contributed by atoms with Crippen LogP contribution in [0, 0.1) is 6.92 Å². The van der Waals surface area contributed by atoms with Gasteiger partial charge in [-0.05, 0) is 36.8 Å². The van der Waals surface area contributed by atoms with Gasteiger partial charge in [-0.25, -0.2) is 9.97 Å². The third-order valence-electron chi connectivity index (χ3n) is 3.93. The average Bonchev–Trinajstić information content (AvgIpc) is 2.70. The van der Waals surface area contributed by atoms with Crippen molar-refractivity contribution in [1.29, 1.82) is 0 Å². The lowest BCUT2D eigenvalue weighted by molar-refractivity contribution is 0.102. The van der Waals surface area contributed by atoms with Gasteiger partial charge >= 0.3 is 0 Å². The highest BCUT2D eigenvalue weighted by Crippen LogP contribution is 2.29. The third kappa shape index (κ3) is 4.33. The summed E-state index contributed by atoms with van der Waals surface area (Å²) in [6.07, 6.45) is 1.53. The van der Waals surface area contributed by atoms with E-state index in [4.69, 9.17) is 9.47 Å². The van der Waals surface area contributed by atoms with Crippen LogP contribution in [0.5, 0.6) is 11.5 Å². The van der Waals surface area contributed by atoms with Crippen LogP contribution in [0.25, 0.3) is 0 Å². The predicted octanol–water partition coefficient (Wildman–Crippen LogP) is 3.80. The van der Waals surface area contributed by atoms with Crippen LogP contribution < -0.4 is 20.1 Å². The first-order chi connectivity index (χ1) is 13.1. The van der Waals surface area contributed by atoms with Crippen LogP contribution in [-0.4, -0.2) is 30.1 Å². The summed E-state index contributed by atoms with van der Waals surface area (Å²) < 4.78 is 10.5. The van der Waals surface area contributed by atoms with E-state index in [1.807, 2.05) is 31.2 Å². The van der Waals surface area contributed by atoms with Crippen molar-refractivity contribution in [3.8, 4) is 11.5 Å². The number of hydrogen-bond donors (Lipinski definition) is 2. The Labute approximate surface area is 157 Å². The normalized spacial score (nSPS) is 10.2. The molecule has 0 aliphatic rings. The van der Waals surface area contributed by atoms with Gasteiger partial charge < -0.3 is 20.1 Å². The summed E-state index contributed by atoms with van der Waals surface area (Å²) in [4.78, 5) is 21.1. The first-order valence-electron chi connectivity index (χ1n) is 8.30. The predicted molar refractivity (Wildman–Crippen MR) is 104 cm³/mol. The largest absolute Gasteiger partial charge is 0.497 e. The van der Waals surface area contributed by atoms with Crippen LogP contribution in [0.15, 0.2) is 54.7 Å². The van der Waals surface area contributed by atoms with Crippen molar-refractivity contribution in [2.45, 2.75) is 6.92 Å². The molecular formula is C20H20N4O3. The molecule has 0 aliphatic carbocycles. The highest BCUT2D eigenvalue weighted by Gasteiger charge is 2.13. The maximum absolute atomic E-state index is 12.6. The molecule has 0 spiro atoms. The molecule has 1 heterocycles. The molecule has 0 saturated carbocycles. The summed E-state index contributed by atoms with van der Waals surface area (Å²) in [6, 6.07) is 14.5. The van der Waals surface area contributed by atoms with Crippen LogP contribution in [0.4, 0.5) is 17.3 Å². The Kier molecular flexibility index (Phi) is 5.51. The molecule has 2 N–H and O–H groups in total.